The average Bonchev–Trinajstić information content (AvgIpc) is 3.54. The standard InChI is InChI=1S/C48H30O/c1-2-13-33(14-3-1)42-30-46-43(37-16-10-11-21-45(37)49-46)29-44(42)48-40-19-8-6-17-38(40)47(39-18-7-9-20-41(39)48)34-25-22-32(23-26-34)36-27-24-31-12-4-5-15-35(31)28-36/h1-30H. The van der Waals surface area contributed by atoms with E-state index in [0.29, 0.717) is 0 Å². The quantitative estimate of drug-likeness (QED) is 0.178. The summed E-state index contributed by atoms with van der Waals surface area (Å²) >= 11 is 0. The van der Waals surface area contributed by atoms with E-state index in [4.69, 9.17) is 4.42 Å². The van der Waals surface area contributed by atoms with Gasteiger partial charge in [0.05, 0.1) is 0 Å². The van der Waals surface area contributed by atoms with Crippen LogP contribution in [0.15, 0.2) is 186 Å². The van der Waals surface area contributed by atoms with Crippen LogP contribution in [0, 0.1) is 0 Å². The molecule has 0 bridgehead atoms. The van der Waals surface area contributed by atoms with Crippen molar-refractivity contribution in [3.63, 3.8) is 0 Å². The number of hydrogen-bond donors (Lipinski definition) is 0. The molecule has 1 nitrogen and oxygen atoms in total. The molecule has 0 amide bonds. The topological polar surface area (TPSA) is 13.1 Å². The molecule has 0 aliphatic heterocycles. The highest BCUT2D eigenvalue weighted by Gasteiger charge is 2.21. The maximum absolute atomic E-state index is 6.42. The fourth-order valence-corrected chi connectivity index (χ4v) is 7.76. The maximum atomic E-state index is 6.42. The number of benzene rings is 9. The zero-order valence-electron chi connectivity index (χ0n) is 26.7. The zero-order valence-corrected chi connectivity index (χ0v) is 26.7. The molecule has 0 unspecified atom stereocenters. The lowest BCUT2D eigenvalue weighted by atomic mass is 9.83. The molecule has 0 aliphatic carbocycles. The van der Waals surface area contributed by atoms with E-state index in [9.17, 15) is 0 Å². The molecule has 49 heavy (non-hydrogen) atoms. The van der Waals surface area contributed by atoms with E-state index in [0.717, 1.165) is 27.5 Å². The van der Waals surface area contributed by atoms with Crippen LogP contribution in [0.5, 0.6) is 0 Å². The third kappa shape index (κ3) is 4.47. The van der Waals surface area contributed by atoms with E-state index in [1.165, 1.54) is 71.3 Å². The molecule has 10 rings (SSSR count). The zero-order chi connectivity index (χ0) is 32.3. The van der Waals surface area contributed by atoms with Crippen LogP contribution in [0.4, 0.5) is 0 Å². The minimum atomic E-state index is 0.903. The molecule has 1 aromatic heterocycles. The van der Waals surface area contributed by atoms with Crippen molar-refractivity contribution in [2.24, 2.45) is 0 Å². The Kier molecular flexibility index (Phi) is 6.25. The SMILES string of the molecule is c1ccc(-c2cc3oc4ccccc4c3cc2-c2c3ccccc3c(-c3ccc(-c4ccc5ccccc5c4)cc3)c3ccccc23)cc1. The van der Waals surface area contributed by atoms with E-state index >= 15 is 0 Å². The molecule has 0 atom stereocenters. The summed E-state index contributed by atoms with van der Waals surface area (Å²) in [6, 6.07) is 65.8. The van der Waals surface area contributed by atoms with Crippen molar-refractivity contribution in [2.45, 2.75) is 0 Å². The molecular formula is C48H30O. The lowest BCUT2D eigenvalue weighted by Gasteiger charge is -2.20. The summed E-state index contributed by atoms with van der Waals surface area (Å²) in [5.74, 6) is 0. The van der Waals surface area contributed by atoms with Gasteiger partial charge in [-0.05, 0) is 101 Å². The van der Waals surface area contributed by atoms with Crippen LogP contribution in [0.3, 0.4) is 0 Å². The lowest BCUT2D eigenvalue weighted by Crippen LogP contribution is -1.93. The fourth-order valence-electron chi connectivity index (χ4n) is 7.76. The number of furan rings is 1. The summed E-state index contributed by atoms with van der Waals surface area (Å²) < 4.78 is 6.42. The molecule has 0 saturated carbocycles. The third-order valence-corrected chi connectivity index (χ3v) is 10.1. The largest absolute Gasteiger partial charge is 0.456 e. The molecule has 0 fully saturated rings. The smallest absolute Gasteiger partial charge is 0.136 e. The van der Waals surface area contributed by atoms with E-state index < -0.39 is 0 Å². The van der Waals surface area contributed by atoms with Gasteiger partial charge in [-0.1, -0.05) is 158 Å². The second kappa shape index (κ2) is 11.1. The van der Waals surface area contributed by atoms with Crippen molar-refractivity contribution in [3.8, 4) is 44.5 Å². The average molecular weight is 623 g/mol. The van der Waals surface area contributed by atoms with Crippen LogP contribution >= 0.6 is 0 Å². The van der Waals surface area contributed by atoms with Gasteiger partial charge in [-0.3, -0.25) is 0 Å². The van der Waals surface area contributed by atoms with Gasteiger partial charge in [-0.25, -0.2) is 0 Å². The van der Waals surface area contributed by atoms with Crippen LogP contribution in [-0.4, -0.2) is 0 Å². The minimum Gasteiger partial charge on any atom is -0.456 e. The number of fused-ring (bicyclic) bond motifs is 6. The first-order valence-corrected chi connectivity index (χ1v) is 16.8. The van der Waals surface area contributed by atoms with Crippen molar-refractivity contribution in [2.75, 3.05) is 0 Å². The molecule has 0 saturated heterocycles. The second-order valence-electron chi connectivity index (χ2n) is 12.8. The van der Waals surface area contributed by atoms with Gasteiger partial charge < -0.3 is 4.42 Å². The molecule has 0 aliphatic rings. The Bertz CT molecular complexity index is 2800. The Labute approximate surface area is 284 Å². The van der Waals surface area contributed by atoms with Gasteiger partial charge in [0.25, 0.3) is 0 Å². The van der Waals surface area contributed by atoms with Gasteiger partial charge in [-0.15, -0.1) is 0 Å². The molecule has 228 valence electrons. The van der Waals surface area contributed by atoms with Gasteiger partial charge in [-0.2, -0.15) is 0 Å². The van der Waals surface area contributed by atoms with Crippen molar-refractivity contribution >= 4 is 54.3 Å². The predicted molar refractivity (Wildman–Crippen MR) is 208 cm³/mol. The van der Waals surface area contributed by atoms with Crippen LogP contribution in [0.25, 0.3) is 98.8 Å². The highest BCUT2D eigenvalue weighted by molar-refractivity contribution is 6.23. The predicted octanol–water partition coefficient (Wildman–Crippen LogP) is 13.7. The van der Waals surface area contributed by atoms with Gasteiger partial charge in [0, 0.05) is 10.8 Å². The Morgan fingerprint density at radius 1 is 0.265 bits per heavy atom. The first-order chi connectivity index (χ1) is 24.3. The summed E-state index contributed by atoms with van der Waals surface area (Å²) in [6.45, 7) is 0. The molecule has 1 heteroatoms. The molecule has 0 radical (unpaired) electrons. The first kappa shape index (κ1) is 27.7. The van der Waals surface area contributed by atoms with Crippen molar-refractivity contribution in [1.82, 2.24) is 0 Å². The highest BCUT2D eigenvalue weighted by Crippen LogP contribution is 2.48. The van der Waals surface area contributed by atoms with E-state index in [1.807, 2.05) is 6.07 Å². The summed E-state index contributed by atoms with van der Waals surface area (Å²) in [5, 5.41) is 9.74. The van der Waals surface area contributed by atoms with Crippen molar-refractivity contribution < 1.29 is 4.42 Å². The van der Waals surface area contributed by atoms with Crippen LogP contribution in [0.1, 0.15) is 0 Å². The van der Waals surface area contributed by atoms with E-state index in [1.54, 1.807) is 0 Å². The molecule has 0 spiro atoms. The summed E-state index contributed by atoms with van der Waals surface area (Å²) in [4.78, 5) is 0. The Balaban J connectivity index is 1.23. The molecule has 10 aromatic rings. The Morgan fingerprint density at radius 2 is 0.816 bits per heavy atom. The summed E-state index contributed by atoms with van der Waals surface area (Å²) in [6.07, 6.45) is 0. The monoisotopic (exact) mass is 622 g/mol. The van der Waals surface area contributed by atoms with Crippen molar-refractivity contribution in [1.29, 1.82) is 0 Å². The third-order valence-electron chi connectivity index (χ3n) is 10.1. The molecular weight excluding hydrogens is 593 g/mol. The number of para-hydroxylation sites is 1. The number of rotatable bonds is 4. The van der Waals surface area contributed by atoms with Crippen LogP contribution in [0.2, 0.25) is 0 Å². The van der Waals surface area contributed by atoms with E-state index in [2.05, 4.69) is 176 Å². The number of hydrogen-bond acceptors (Lipinski definition) is 1. The first-order valence-electron chi connectivity index (χ1n) is 16.8. The lowest BCUT2D eigenvalue weighted by molar-refractivity contribution is 0.669. The second-order valence-corrected chi connectivity index (χ2v) is 12.8. The summed E-state index contributed by atoms with van der Waals surface area (Å²) in [5.41, 5.74) is 11.5. The molecule has 9 aromatic carbocycles. The maximum Gasteiger partial charge on any atom is 0.136 e. The van der Waals surface area contributed by atoms with Crippen LogP contribution in [-0.2, 0) is 0 Å². The molecule has 1 heterocycles. The van der Waals surface area contributed by atoms with Crippen LogP contribution < -0.4 is 0 Å². The minimum absolute atomic E-state index is 0.903. The van der Waals surface area contributed by atoms with Gasteiger partial charge in [0.2, 0.25) is 0 Å². The van der Waals surface area contributed by atoms with Gasteiger partial charge >= 0.3 is 0 Å². The normalized spacial score (nSPS) is 11.7. The van der Waals surface area contributed by atoms with Gasteiger partial charge in [0.1, 0.15) is 11.2 Å². The fraction of sp³-hybridized carbons (Fsp3) is 0. The Hall–Kier alpha value is -6.44. The highest BCUT2D eigenvalue weighted by atomic mass is 16.3. The molecule has 0 N–H and O–H groups in total. The summed E-state index contributed by atoms with van der Waals surface area (Å²) in [7, 11) is 0. The van der Waals surface area contributed by atoms with Crippen molar-refractivity contribution in [3.05, 3.63) is 182 Å². The van der Waals surface area contributed by atoms with Gasteiger partial charge in [0.15, 0.2) is 0 Å². The Morgan fingerprint density at radius 3 is 1.53 bits per heavy atom. The van der Waals surface area contributed by atoms with E-state index in [-0.39, 0.29) is 0 Å².